The number of amides is 2. The zero-order chi connectivity index (χ0) is 27.4. The number of carboxylic acids is 1. The van der Waals surface area contributed by atoms with Crippen molar-refractivity contribution in [3.05, 3.63) is 95.0 Å². The quantitative estimate of drug-likeness (QED) is 0.301. The van der Waals surface area contributed by atoms with Gasteiger partial charge in [0.2, 0.25) is 5.91 Å². The molecule has 0 radical (unpaired) electrons. The van der Waals surface area contributed by atoms with Crippen molar-refractivity contribution in [3.8, 4) is 11.1 Å². The third kappa shape index (κ3) is 5.73. The van der Waals surface area contributed by atoms with Gasteiger partial charge in [-0.25, -0.2) is 14.6 Å². The van der Waals surface area contributed by atoms with Gasteiger partial charge in [-0.1, -0.05) is 65.3 Å². The lowest BCUT2D eigenvalue weighted by Crippen LogP contribution is -2.40. The maximum absolute atomic E-state index is 13.2. The molecule has 2 aromatic heterocycles. The number of carboxylic acid groups (broad SMARTS) is 1. The first-order valence-electron chi connectivity index (χ1n) is 12.0. The van der Waals surface area contributed by atoms with E-state index in [1.54, 1.807) is 6.20 Å². The number of fused-ring (bicyclic) bond motifs is 3. The van der Waals surface area contributed by atoms with Crippen LogP contribution in [-0.2, 0) is 16.1 Å². The first-order chi connectivity index (χ1) is 18.9. The Morgan fingerprint density at radius 1 is 1.03 bits per heavy atom. The van der Waals surface area contributed by atoms with Gasteiger partial charge in [0.25, 0.3) is 0 Å². The summed E-state index contributed by atoms with van der Waals surface area (Å²) in [6, 6.07) is 18.6. The van der Waals surface area contributed by atoms with E-state index in [0.717, 1.165) is 22.3 Å². The minimum atomic E-state index is -1.25. The second kappa shape index (κ2) is 11.3. The zero-order valence-electron chi connectivity index (χ0n) is 20.5. The molecule has 4 aromatic rings. The van der Waals surface area contributed by atoms with E-state index in [2.05, 4.69) is 20.6 Å². The van der Waals surface area contributed by atoms with Crippen molar-refractivity contribution >= 4 is 35.3 Å². The summed E-state index contributed by atoms with van der Waals surface area (Å²) in [5.74, 6) is -1.94. The third-order valence-corrected chi connectivity index (χ3v) is 6.63. The minimum absolute atomic E-state index is 0.0979. The largest absolute Gasteiger partial charge is 0.477 e. The molecule has 0 saturated carbocycles. The average molecular weight is 547 g/mol. The van der Waals surface area contributed by atoms with Gasteiger partial charge < -0.3 is 15.2 Å². The van der Waals surface area contributed by atoms with Crippen LogP contribution in [0.15, 0.2) is 73.1 Å². The van der Waals surface area contributed by atoms with Crippen molar-refractivity contribution in [1.82, 2.24) is 24.9 Å². The standard InChI is InChI=1S/C27H23ClN6O5/c28-25-22(9-10-23(31-25)26(36)37)30-24(35)15-33(13-14-34-12-11-29-32-34)27(38)39-16-21-19-7-3-1-5-17(19)18-6-2-4-8-20(18)21/h1-12,21H,13-16H2,(H,30,35)(H,36,37). The number of ether oxygens (including phenoxy) is 1. The molecule has 5 rings (SSSR count). The van der Waals surface area contributed by atoms with Crippen LogP contribution in [0.1, 0.15) is 27.5 Å². The molecule has 39 heavy (non-hydrogen) atoms. The number of hydrogen-bond acceptors (Lipinski definition) is 7. The lowest BCUT2D eigenvalue weighted by Gasteiger charge is -2.23. The summed E-state index contributed by atoms with van der Waals surface area (Å²) in [5, 5.41) is 19.1. The number of carbonyl (C=O) groups excluding carboxylic acids is 2. The van der Waals surface area contributed by atoms with Gasteiger partial charge in [-0.2, -0.15) is 0 Å². The summed E-state index contributed by atoms with van der Waals surface area (Å²) in [5.41, 5.74) is 4.23. The van der Waals surface area contributed by atoms with Crippen molar-refractivity contribution in [2.75, 3.05) is 25.0 Å². The molecule has 0 fully saturated rings. The van der Waals surface area contributed by atoms with Gasteiger partial charge in [0.1, 0.15) is 18.8 Å². The van der Waals surface area contributed by atoms with E-state index in [0.29, 0.717) is 0 Å². The smallest absolute Gasteiger partial charge is 0.410 e. The van der Waals surface area contributed by atoms with Crippen LogP contribution in [-0.4, -0.2) is 67.7 Å². The monoisotopic (exact) mass is 546 g/mol. The minimum Gasteiger partial charge on any atom is -0.477 e. The Labute approximate surface area is 228 Å². The second-order valence-corrected chi connectivity index (χ2v) is 9.14. The summed E-state index contributed by atoms with van der Waals surface area (Å²) in [4.78, 5) is 42.2. The van der Waals surface area contributed by atoms with Crippen molar-refractivity contribution < 1.29 is 24.2 Å². The number of pyridine rings is 1. The first kappa shape index (κ1) is 25.9. The predicted octanol–water partition coefficient (Wildman–Crippen LogP) is 3.91. The van der Waals surface area contributed by atoms with E-state index in [-0.39, 0.29) is 48.7 Å². The number of rotatable bonds is 9. The van der Waals surface area contributed by atoms with E-state index in [1.165, 1.54) is 27.9 Å². The third-order valence-electron chi connectivity index (χ3n) is 6.34. The molecular weight excluding hydrogens is 524 g/mol. The van der Waals surface area contributed by atoms with Crippen LogP contribution >= 0.6 is 11.6 Å². The molecule has 12 heteroatoms. The number of halogens is 1. The SMILES string of the molecule is O=C(CN(CCn1ccnn1)C(=O)OCC1c2ccccc2-c2ccccc21)Nc1ccc(C(=O)O)nc1Cl. The highest BCUT2D eigenvalue weighted by molar-refractivity contribution is 6.32. The van der Waals surface area contributed by atoms with E-state index in [9.17, 15) is 14.4 Å². The molecule has 1 aliphatic carbocycles. The molecule has 0 bridgehead atoms. The van der Waals surface area contributed by atoms with Crippen molar-refractivity contribution in [1.29, 1.82) is 0 Å². The molecule has 198 valence electrons. The Bertz CT molecular complexity index is 1480. The molecule has 2 N–H and O–H groups in total. The summed E-state index contributed by atoms with van der Waals surface area (Å²) in [6.45, 7) is 0.160. The van der Waals surface area contributed by atoms with Gasteiger partial charge in [-0.05, 0) is 34.4 Å². The van der Waals surface area contributed by atoms with E-state index < -0.39 is 18.0 Å². The molecule has 2 aromatic carbocycles. The number of nitrogens with one attached hydrogen (secondary N) is 1. The van der Waals surface area contributed by atoms with Crippen LogP contribution in [0.2, 0.25) is 5.15 Å². The normalized spacial score (nSPS) is 11.9. The number of carbonyl (C=O) groups is 3. The number of aromatic carboxylic acids is 1. The number of anilines is 1. The second-order valence-electron chi connectivity index (χ2n) is 8.78. The molecule has 0 atom stereocenters. The Morgan fingerprint density at radius 2 is 1.72 bits per heavy atom. The van der Waals surface area contributed by atoms with E-state index in [4.69, 9.17) is 21.4 Å². The fraction of sp³-hybridized carbons (Fsp3) is 0.185. The van der Waals surface area contributed by atoms with Gasteiger partial charge in [0, 0.05) is 18.7 Å². The molecule has 0 saturated heterocycles. The first-order valence-corrected chi connectivity index (χ1v) is 12.4. The lowest BCUT2D eigenvalue weighted by atomic mass is 9.98. The number of hydrogen-bond donors (Lipinski definition) is 2. The van der Waals surface area contributed by atoms with Crippen LogP contribution in [0.5, 0.6) is 0 Å². The Balaban J connectivity index is 1.29. The summed E-state index contributed by atoms with van der Waals surface area (Å²) < 4.78 is 7.28. The summed E-state index contributed by atoms with van der Waals surface area (Å²) in [7, 11) is 0. The van der Waals surface area contributed by atoms with Crippen LogP contribution in [0.4, 0.5) is 10.5 Å². The van der Waals surface area contributed by atoms with Gasteiger partial charge in [0.05, 0.1) is 18.4 Å². The van der Waals surface area contributed by atoms with Crippen molar-refractivity contribution in [3.63, 3.8) is 0 Å². The molecule has 11 nitrogen and oxygen atoms in total. The topological polar surface area (TPSA) is 140 Å². The van der Waals surface area contributed by atoms with Crippen molar-refractivity contribution in [2.45, 2.75) is 12.5 Å². The molecule has 2 heterocycles. The highest BCUT2D eigenvalue weighted by atomic mass is 35.5. The van der Waals surface area contributed by atoms with Gasteiger partial charge in [-0.3, -0.25) is 14.4 Å². The molecule has 0 spiro atoms. The van der Waals surface area contributed by atoms with E-state index in [1.807, 2.05) is 48.5 Å². The number of aromatic nitrogens is 4. The fourth-order valence-corrected chi connectivity index (χ4v) is 4.71. The Hall–Kier alpha value is -4.77. The Morgan fingerprint density at radius 3 is 2.33 bits per heavy atom. The van der Waals surface area contributed by atoms with Crippen LogP contribution in [0.3, 0.4) is 0 Å². The molecule has 1 aliphatic rings. The highest BCUT2D eigenvalue weighted by Crippen LogP contribution is 2.44. The van der Waals surface area contributed by atoms with Crippen LogP contribution in [0.25, 0.3) is 11.1 Å². The number of nitrogens with zero attached hydrogens (tertiary/aromatic N) is 5. The highest BCUT2D eigenvalue weighted by Gasteiger charge is 2.30. The Kier molecular flexibility index (Phi) is 7.50. The molecule has 2 amide bonds. The molecular formula is C27H23ClN6O5. The van der Waals surface area contributed by atoms with Crippen LogP contribution < -0.4 is 5.32 Å². The predicted molar refractivity (Wildman–Crippen MR) is 141 cm³/mol. The number of benzene rings is 2. The maximum atomic E-state index is 13.2. The zero-order valence-corrected chi connectivity index (χ0v) is 21.3. The maximum Gasteiger partial charge on any atom is 0.410 e. The molecule has 0 unspecified atom stereocenters. The van der Waals surface area contributed by atoms with Crippen molar-refractivity contribution in [2.24, 2.45) is 0 Å². The van der Waals surface area contributed by atoms with E-state index >= 15 is 0 Å². The van der Waals surface area contributed by atoms with Gasteiger partial charge >= 0.3 is 12.1 Å². The average Bonchev–Trinajstić information content (AvgIpc) is 3.57. The summed E-state index contributed by atoms with van der Waals surface area (Å²) in [6.07, 6.45) is 2.49. The summed E-state index contributed by atoms with van der Waals surface area (Å²) >= 11 is 6.04. The fourth-order valence-electron chi connectivity index (χ4n) is 4.51. The van der Waals surface area contributed by atoms with Crippen LogP contribution in [0, 0.1) is 0 Å². The lowest BCUT2D eigenvalue weighted by molar-refractivity contribution is -0.117. The van der Waals surface area contributed by atoms with Gasteiger partial charge in [0.15, 0.2) is 5.15 Å². The molecule has 0 aliphatic heterocycles. The van der Waals surface area contributed by atoms with Gasteiger partial charge in [-0.15, -0.1) is 5.10 Å².